The van der Waals surface area contributed by atoms with Crippen molar-refractivity contribution >= 4 is 22.5 Å². The number of carbonyl (C=O) groups is 1. The number of benzene rings is 1. The van der Waals surface area contributed by atoms with E-state index >= 15 is 0 Å². The summed E-state index contributed by atoms with van der Waals surface area (Å²) in [4.78, 5) is 12.7. The fourth-order valence-electron chi connectivity index (χ4n) is 3.29. The number of anilines is 1. The number of methoxy groups -OCH3 is 1. The van der Waals surface area contributed by atoms with Crippen molar-refractivity contribution in [1.82, 2.24) is 9.78 Å². The van der Waals surface area contributed by atoms with E-state index in [1.54, 1.807) is 18.0 Å². The van der Waals surface area contributed by atoms with E-state index < -0.39 is 24.7 Å². The topological polar surface area (TPSA) is 93.6 Å². The van der Waals surface area contributed by atoms with E-state index in [9.17, 15) is 23.1 Å². The van der Waals surface area contributed by atoms with Gasteiger partial charge in [0.05, 0.1) is 12.1 Å². The molecule has 0 saturated carbocycles. The molecule has 2 aromatic rings. The van der Waals surface area contributed by atoms with E-state index in [0.29, 0.717) is 30.5 Å². The van der Waals surface area contributed by atoms with Crippen LogP contribution in [0, 0.1) is 0 Å². The third-order valence-corrected chi connectivity index (χ3v) is 4.59. The number of alkyl halides is 3. The molecule has 1 aromatic heterocycles. The first kappa shape index (κ1) is 20.9. The molecule has 156 valence electrons. The largest absolute Gasteiger partial charge is 0.412 e. The minimum absolute atomic E-state index is 0.0492. The van der Waals surface area contributed by atoms with E-state index in [1.165, 1.54) is 18.2 Å². The van der Waals surface area contributed by atoms with Crippen molar-refractivity contribution in [3.05, 3.63) is 47.8 Å². The van der Waals surface area contributed by atoms with Gasteiger partial charge in [-0.1, -0.05) is 12.2 Å². The smallest absolute Gasteiger partial charge is 0.392 e. The Morgan fingerprint density at radius 3 is 2.76 bits per heavy atom. The average molecular weight is 410 g/mol. The zero-order valence-corrected chi connectivity index (χ0v) is 15.7. The number of hydrogen-bond donors (Lipinski definition) is 2. The van der Waals surface area contributed by atoms with Crippen LogP contribution in [0.15, 0.2) is 42.3 Å². The molecule has 10 heteroatoms. The highest BCUT2D eigenvalue weighted by molar-refractivity contribution is 5.98. The van der Waals surface area contributed by atoms with Gasteiger partial charge in [0.25, 0.3) is 5.91 Å². The van der Waals surface area contributed by atoms with Gasteiger partial charge in [-0.2, -0.15) is 18.3 Å². The van der Waals surface area contributed by atoms with E-state index in [2.05, 4.69) is 5.10 Å². The van der Waals surface area contributed by atoms with Crippen molar-refractivity contribution in [3.63, 3.8) is 0 Å². The molecule has 3 N–H and O–H groups in total. The first-order valence-electron chi connectivity index (χ1n) is 8.90. The maximum absolute atomic E-state index is 13.7. The number of aliphatic hydroxyl groups excluding tert-OH is 1. The second kappa shape index (κ2) is 8.26. The molecular weight excluding hydrogens is 389 g/mol. The molecule has 0 bridgehead atoms. The van der Waals surface area contributed by atoms with Crippen LogP contribution in [-0.4, -0.2) is 46.7 Å². The van der Waals surface area contributed by atoms with Gasteiger partial charge in [-0.25, -0.2) is 0 Å². The molecule has 0 aliphatic carbocycles. The summed E-state index contributed by atoms with van der Waals surface area (Å²) < 4.78 is 47.7. The summed E-state index contributed by atoms with van der Waals surface area (Å²) in [6.07, 6.45) is 1.07. The number of rotatable bonds is 7. The number of aryl methyl sites for hydroxylation is 1. The van der Waals surface area contributed by atoms with Gasteiger partial charge in [0.1, 0.15) is 11.7 Å². The molecular formula is C19H21F3N4O3. The average Bonchev–Trinajstić information content (AvgIpc) is 3.07. The molecule has 1 aliphatic heterocycles. The van der Waals surface area contributed by atoms with Crippen molar-refractivity contribution in [2.24, 2.45) is 5.73 Å². The van der Waals surface area contributed by atoms with Crippen LogP contribution in [0.3, 0.4) is 0 Å². The highest BCUT2D eigenvalue weighted by atomic mass is 19.4. The van der Waals surface area contributed by atoms with Crippen LogP contribution in [0.25, 0.3) is 10.9 Å². The number of hydrogen-bond acceptors (Lipinski definition) is 5. The molecule has 1 amide bonds. The Bertz CT molecular complexity index is 965. The molecule has 1 atom stereocenters. The lowest BCUT2D eigenvalue weighted by Gasteiger charge is -2.36. The fourth-order valence-corrected chi connectivity index (χ4v) is 3.29. The molecule has 0 saturated heterocycles. The van der Waals surface area contributed by atoms with Crippen LogP contribution in [0.5, 0.6) is 0 Å². The molecule has 2 heterocycles. The number of halogens is 3. The molecule has 0 fully saturated rings. The van der Waals surface area contributed by atoms with E-state index in [1.807, 2.05) is 0 Å². The van der Waals surface area contributed by atoms with Gasteiger partial charge in [-0.05, 0) is 24.6 Å². The second-order valence-corrected chi connectivity index (χ2v) is 6.59. The van der Waals surface area contributed by atoms with Gasteiger partial charge in [0.15, 0.2) is 0 Å². The van der Waals surface area contributed by atoms with Crippen LogP contribution in [0.4, 0.5) is 18.9 Å². The lowest BCUT2D eigenvalue weighted by molar-refractivity contribution is -0.137. The first-order chi connectivity index (χ1) is 13.8. The monoisotopic (exact) mass is 410 g/mol. The minimum Gasteiger partial charge on any atom is -0.392 e. The number of primary amides is 1. The number of allylic oxidation sites excluding steroid dienone is 2. The molecule has 1 aliphatic rings. The molecule has 7 nitrogen and oxygen atoms in total. The van der Waals surface area contributed by atoms with Gasteiger partial charge in [-0.3, -0.25) is 9.48 Å². The van der Waals surface area contributed by atoms with Crippen molar-refractivity contribution < 1.29 is 27.8 Å². The second-order valence-electron chi connectivity index (χ2n) is 6.59. The summed E-state index contributed by atoms with van der Waals surface area (Å²) in [6, 6.07) is 0.909. The lowest BCUT2D eigenvalue weighted by Crippen LogP contribution is -2.48. The molecule has 0 radical (unpaired) electrons. The van der Waals surface area contributed by atoms with Crippen molar-refractivity contribution in [3.8, 4) is 0 Å². The number of ether oxygens (including phenoxy) is 1. The predicted molar refractivity (Wildman–Crippen MR) is 101 cm³/mol. The number of carbonyl (C=O) groups excluding carboxylic acids is 1. The van der Waals surface area contributed by atoms with Crippen LogP contribution in [-0.2, 0) is 22.7 Å². The SMILES string of the molecule is COCCCn1cc2cc(N3C(C(N)=O)=CC=CC3C(F)(F)F)c(CO)cc2n1. The maximum atomic E-state index is 13.7. The van der Waals surface area contributed by atoms with Crippen LogP contribution >= 0.6 is 0 Å². The van der Waals surface area contributed by atoms with Crippen LogP contribution in [0.2, 0.25) is 0 Å². The third kappa shape index (κ3) is 4.28. The Kier molecular flexibility index (Phi) is 5.94. The Morgan fingerprint density at radius 2 is 2.14 bits per heavy atom. The summed E-state index contributed by atoms with van der Waals surface area (Å²) in [5.74, 6) is -0.997. The normalized spacial score (nSPS) is 17.1. The maximum Gasteiger partial charge on any atom is 0.412 e. The zero-order chi connectivity index (χ0) is 21.2. The Morgan fingerprint density at radius 1 is 1.38 bits per heavy atom. The Hall–Kier alpha value is -2.85. The molecule has 1 aromatic carbocycles. The van der Waals surface area contributed by atoms with Crippen molar-refractivity contribution in [2.75, 3.05) is 18.6 Å². The molecule has 29 heavy (non-hydrogen) atoms. The Labute approximate surface area is 164 Å². The zero-order valence-electron chi connectivity index (χ0n) is 15.7. The van der Waals surface area contributed by atoms with Gasteiger partial charge >= 0.3 is 6.18 Å². The summed E-state index contributed by atoms with van der Waals surface area (Å²) in [6.45, 7) is 0.582. The lowest BCUT2D eigenvalue weighted by atomic mass is 10.0. The van der Waals surface area contributed by atoms with Gasteiger partial charge in [0.2, 0.25) is 0 Å². The molecule has 1 unspecified atom stereocenters. The molecule has 3 rings (SSSR count). The highest BCUT2D eigenvalue weighted by Gasteiger charge is 2.45. The number of aliphatic hydroxyl groups is 1. The fraction of sp³-hybridized carbons (Fsp3) is 0.368. The third-order valence-electron chi connectivity index (χ3n) is 4.59. The summed E-state index contributed by atoms with van der Waals surface area (Å²) in [7, 11) is 1.59. The minimum atomic E-state index is -4.66. The quantitative estimate of drug-likeness (QED) is 0.683. The number of amides is 1. The van der Waals surface area contributed by atoms with Crippen LogP contribution < -0.4 is 10.6 Å². The van der Waals surface area contributed by atoms with Gasteiger partial charge < -0.3 is 20.5 Å². The van der Waals surface area contributed by atoms with Crippen LogP contribution in [0.1, 0.15) is 12.0 Å². The number of aromatic nitrogens is 2. The van der Waals surface area contributed by atoms with Gasteiger partial charge in [-0.15, -0.1) is 0 Å². The van der Waals surface area contributed by atoms with E-state index in [-0.39, 0.29) is 16.9 Å². The Balaban J connectivity index is 2.10. The first-order valence-corrected chi connectivity index (χ1v) is 8.90. The summed E-state index contributed by atoms with van der Waals surface area (Å²) >= 11 is 0. The summed E-state index contributed by atoms with van der Waals surface area (Å²) in [5.41, 5.74) is 5.81. The number of nitrogens with two attached hydrogens (primary N) is 1. The van der Waals surface area contributed by atoms with Gasteiger partial charge in [0, 0.05) is 43.1 Å². The number of nitrogens with zero attached hydrogens (tertiary/aromatic N) is 3. The van der Waals surface area contributed by atoms with E-state index in [4.69, 9.17) is 10.5 Å². The summed E-state index contributed by atoms with van der Waals surface area (Å²) in [5, 5.41) is 14.8. The van der Waals surface area contributed by atoms with E-state index in [0.717, 1.165) is 17.1 Å². The predicted octanol–water partition coefficient (Wildman–Crippen LogP) is 2.24. The number of fused-ring (bicyclic) bond motifs is 1. The standard InChI is InChI=1S/C19H21F3N4O3/c1-29-7-3-6-25-10-12-9-16(13(11-27)8-14(12)24-25)26-15(18(23)28)4-2-5-17(26)19(20,21)22/h2,4-5,8-10,17,27H,3,6-7,11H2,1H3,(H2,23,28). The highest BCUT2D eigenvalue weighted by Crippen LogP contribution is 2.38. The molecule has 0 spiro atoms. The van der Waals surface area contributed by atoms with Crippen molar-refractivity contribution in [2.45, 2.75) is 31.8 Å². The van der Waals surface area contributed by atoms with Crippen molar-refractivity contribution in [1.29, 1.82) is 0 Å².